The lowest BCUT2D eigenvalue weighted by molar-refractivity contribution is 1.16. The quantitative estimate of drug-likeness (QED) is 0.568. The van der Waals surface area contributed by atoms with Gasteiger partial charge in [0.15, 0.2) is 0 Å². The van der Waals surface area contributed by atoms with Crippen LogP contribution >= 0.6 is 23.1 Å². The van der Waals surface area contributed by atoms with Crippen molar-refractivity contribution in [1.82, 2.24) is 4.98 Å². The Morgan fingerprint density at radius 3 is 2.58 bits per heavy atom. The van der Waals surface area contributed by atoms with Gasteiger partial charge in [0.1, 0.15) is 4.34 Å². The highest BCUT2D eigenvalue weighted by atomic mass is 32.2. The zero-order valence-electron chi connectivity index (χ0n) is 8.05. The smallest absolute Gasteiger partial charge is 0.149 e. The molecule has 1 heterocycles. The first-order valence-corrected chi connectivity index (χ1v) is 9.59. The highest BCUT2D eigenvalue weighted by Crippen LogP contribution is 2.24. The molecule has 4 heteroatoms. The molecule has 0 unspecified atom stereocenters. The summed E-state index contributed by atoms with van der Waals surface area (Å²) in [5.41, 5.74) is 1.15. The molecule has 0 radical (unpaired) electrons. The Labute approximate surface area is 83.6 Å². The normalized spacial score (nSPS) is 12.0. The second-order valence-corrected chi connectivity index (χ2v) is 12.2. The van der Waals surface area contributed by atoms with Gasteiger partial charge in [-0.05, 0) is 12.3 Å². The van der Waals surface area contributed by atoms with E-state index in [0.717, 1.165) is 5.69 Å². The minimum absolute atomic E-state index is 0.901. The van der Waals surface area contributed by atoms with Crippen LogP contribution < -0.4 is 0 Å². The van der Waals surface area contributed by atoms with Crippen molar-refractivity contribution in [3.63, 3.8) is 0 Å². The lowest BCUT2D eigenvalue weighted by Crippen LogP contribution is -2.23. The van der Waals surface area contributed by atoms with Gasteiger partial charge in [0, 0.05) is 11.1 Å². The topological polar surface area (TPSA) is 12.9 Å². The van der Waals surface area contributed by atoms with Gasteiger partial charge < -0.3 is 0 Å². The number of thiazole rings is 1. The number of thioether (sulfide) groups is 1. The minimum atomic E-state index is -0.901. The molecule has 0 aromatic carbocycles. The fourth-order valence-corrected chi connectivity index (χ4v) is 4.58. The van der Waals surface area contributed by atoms with Crippen LogP contribution in [0.15, 0.2) is 9.72 Å². The predicted octanol–water partition coefficient (Wildman–Crippen LogP) is 3.42. The first-order valence-electron chi connectivity index (χ1n) is 4.02. The molecule has 1 aromatic rings. The predicted molar refractivity (Wildman–Crippen MR) is 60.9 cm³/mol. The van der Waals surface area contributed by atoms with Crippen molar-refractivity contribution in [2.45, 2.75) is 30.9 Å². The molecule has 0 saturated heterocycles. The van der Waals surface area contributed by atoms with Crippen LogP contribution in [0.3, 0.4) is 0 Å². The summed E-state index contributed by atoms with van der Waals surface area (Å²) in [6.07, 6.45) is 0. The van der Waals surface area contributed by atoms with E-state index >= 15 is 0 Å². The van der Waals surface area contributed by atoms with E-state index in [1.165, 1.54) is 9.72 Å². The van der Waals surface area contributed by atoms with Gasteiger partial charge >= 0.3 is 0 Å². The van der Waals surface area contributed by atoms with Gasteiger partial charge in [0.25, 0.3) is 0 Å². The van der Waals surface area contributed by atoms with Crippen LogP contribution in [0.25, 0.3) is 0 Å². The summed E-state index contributed by atoms with van der Waals surface area (Å²) in [5, 5.41) is 3.40. The molecule has 0 atom stereocenters. The molecule has 0 bridgehead atoms. The average molecular weight is 217 g/mol. The number of rotatable bonds is 3. The Balaban J connectivity index is 2.44. The second kappa shape index (κ2) is 3.94. The molecule has 0 N–H and O–H groups in total. The summed E-state index contributed by atoms with van der Waals surface area (Å²) >= 11 is 3.68. The minimum Gasteiger partial charge on any atom is -0.235 e. The van der Waals surface area contributed by atoms with Gasteiger partial charge in [-0.15, -0.1) is 11.3 Å². The molecule has 12 heavy (non-hydrogen) atoms. The zero-order chi connectivity index (χ0) is 9.19. The summed E-state index contributed by atoms with van der Waals surface area (Å²) in [6, 6.07) is 0. The summed E-state index contributed by atoms with van der Waals surface area (Å²) in [5.74, 6) is 0. The molecule has 68 valence electrons. The van der Waals surface area contributed by atoms with Crippen LogP contribution in [0.1, 0.15) is 5.69 Å². The van der Waals surface area contributed by atoms with Crippen molar-refractivity contribution in [3.05, 3.63) is 11.1 Å². The van der Waals surface area contributed by atoms with Gasteiger partial charge in [-0.3, -0.25) is 0 Å². The first kappa shape index (κ1) is 10.3. The first-order chi connectivity index (χ1) is 5.47. The third-order valence-corrected chi connectivity index (χ3v) is 7.00. The maximum atomic E-state index is 4.42. The number of aryl methyl sites for hydroxylation is 1. The number of aromatic nitrogens is 1. The Morgan fingerprint density at radius 1 is 1.50 bits per heavy atom. The number of nitrogens with zero attached hydrogens (tertiary/aromatic N) is 1. The summed E-state index contributed by atoms with van der Waals surface area (Å²) in [4.78, 5) is 4.42. The van der Waals surface area contributed by atoms with Crippen molar-refractivity contribution >= 4 is 31.2 Å². The largest absolute Gasteiger partial charge is 0.235 e. The van der Waals surface area contributed by atoms with E-state index in [2.05, 4.69) is 36.9 Å². The van der Waals surface area contributed by atoms with Gasteiger partial charge in [0.2, 0.25) is 0 Å². The van der Waals surface area contributed by atoms with Crippen molar-refractivity contribution in [2.24, 2.45) is 0 Å². The molecule has 0 spiro atoms. The van der Waals surface area contributed by atoms with E-state index < -0.39 is 8.07 Å². The van der Waals surface area contributed by atoms with E-state index in [0.29, 0.717) is 0 Å². The highest BCUT2D eigenvalue weighted by molar-refractivity contribution is 8.02. The maximum absolute atomic E-state index is 4.42. The van der Waals surface area contributed by atoms with Crippen LogP contribution in [0.4, 0.5) is 0 Å². The molecule has 0 saturated carbocycles. The van der Waals surface area contributed by atoms with Crippen LogP contribution in [0.2, 0.25) is 19.6 Å². The second-order valence-electron chi connectivity index (χ2n) is 4.10. The summed E-state index contributed by atoms with van der Waals surface area (Å²) in [6.45, 7) is 9.22. The Bertz CT molecular complexity index is 252. The molecule has 0 aliphatic heterocycles. The molecule has 0 fully saturated rings. The van der Waals surface area contributed by atoms with E-state index in [4.69, 9.17) is 0 Å². The van der Waals surface area contributed by atoms with Gasteiger partial charge in [0.05, 0.1) is 8.07 Å². The van der Waals surface area contributed by atoms with Crippen molar-refractivity contribution in [3.8, 4) is 0 Å². The molecular formula is C8H15NS2Si. The molecule has 0 amide bonds. The summed E-state index contributed by atoms with van der Waals surface area (Å²) < 4.78 is 1.23. The van der Waals surface area contributed by atoms with E-state index in [1.54, 1.807) is 11.3 Å². The van der Waals surface area contributed by atoms with Crippen molar-refractivity contribution < 1.29 is 0 Å². The highest BCUT2D eigenvalue weighted by Gasteiger charge is 2.14. The molecule has 1 nitrogen and oxygen atoms in total. The lowest BCUT2D eigenvalue weighted by atomic mass is 10.6. The van der Waals surface area contributed by atoms with E-state index in [9.17, 15) is 0 Å². The van der Waals surface area contributed by atoms with E-state index in [-0.39, 0.29) is 0 Å². The van der Waals surface area contributed by atoms with Crippen LogP contribution in [0.5, 0.6) is 0 Å². The lowest BCUT2D eigenvalue weighted by Gasteiger charge is -2.12. The third-order valence-electron chi connectivity index (χ3n) is 1.23. The SMILES string of the molecule is Cc1csc(SC[Si](C)(C)C)n1. The number of hydrogen-bond acceptors (Lipinski definition) is 3. The molecule has 0 aliphatic rings. The van der Waals surface area contributed by atoms with Gasteiger partial charge in [-0.25, -0.2) is 4.98 Å². The number of hydrogen-bond donors (Lipinski definition) is 0. The van der Waals surface area contributed by atoms with E-state index in [1.807, 2.05) is 11.8 Å². The van der Waals surface area contributed by atoms with Crippen LogP contribution in [-0.2, 0) is 0 Å². The van der Waals surface area contributed by atoms with Crippen molar-refractivity contribution in [1.29, 1.82) is 0 Å². The van der Waals surface area contributed by atoms with Gasteiger partial charge in [-0.1, -0.05) is 31.4 Å². The zero-order valence-corrected chi connectivity index (χ0v) is 10.7. The maximum Gasteiger partial charge on any atom is 0.149 e. The Kier molecular flexibility index (Phi) is 3.37. The Morgan fingerprint density at radius 2 is 2.17 bits per heavy atom. The molecule has 1 rings (SSSR count). The van der Waals surface area contributed by atoms with Gasteiger partial charge in [-0.2, -0.15) is 0 Å². The van der Waals surface area contributed by atoms with Crippen LogP contribution in [0, 0.1) is 6.92 Å². The fraction of sp³-hybridized carbons (Fsp3) is 0.625. The summed E-state index contributed by atoms with van der Waals surface area (Å²) in [7, 11) is -0.901. The fourth-order valence-electron chi connectivity index (χ4n) is 0.677. The standard InChI is InChI=1S/C8H15NS2Si/c1-7-5-10-8(9-7)11-6-12(2,3)4/h5H,6H2,1-4H3. The average Bonchev–Trinajstić information content (AvgIpc) is 2.30. The van der Waals surface area contributed by atoms with Crippen molar-refractivity contribution in [2.75, 3.05) is 5.38 Å². The molecule has 0 aliphatic carbocycles. The van der Waals surface area contributed by atoms with Crippen LogP contribution in [-0.4, -0.2) is 18.4 Å². The monoisotopic (exact) mass is 217 g/mol. The molecule has 1 aromatic heterocycles. The molecular weight excluding hydrogens is 202 g/mol. The Hall–Kier alpha value is 0.197. The third kappa shape index (κ3) is 3.73.